The van der Waals surface area contributed by atoms with Gasteiger partial charge in [-0.05, 0) is 41.1 Å². The number of rotatable bonds is 2. The molecular weight excluding hydrogens is 370 g/mol. The molecule has 138 valence electrons. The maximum Gasteiger partial charge on any atom is 0.304 e. The van der Waals surface area contributed by atoms with Crippen LogP contribution >= 0.6 is 0 Å². The molecule has 5 rings (SSSR count). The zero-order valence-electron chi connectivity index (χ0n) is 14.8. The van der Waals surface area contributed by atoms with Crippen LogP contribution < -0.4 is 5.56 Å². The first-order valence-electron chi connectivity index (χ1n) is 8.68. The molecule has 29 heavy (non-hydrogen) atoms. The van der Waals surface area contributed by atoms with Gasteiger partial charge in [0.15, 0.2) is 5.69 Å². The zero-order chi connectivity index (χ0) is 20.1. The summed E-state index contributed by atoms with van der Waals surface area (Å²) in [7, 11) is 0. The molecule has 0 aliphatic carbocycles. The van der Waals surface area contributed by atoms with Gasteiger partial charge in [-0.3, -0.25) is 14.9 Å². The molecule has 2 N–H and O–H groups in total. The molecule has 0 saturated heterocycles. The van der Waals surface area contributed by atoms with E-state index in [1.54, 1.807) is 12.1 Å². The summed E-state index contributed by atoms with van der Waals surface area (Å²) in [5.74, 6) is 0. The van der Waals surface area contributed by atoms with Crippen molar-refractivity contribution in [1.29, 1.82) is 5.26 Å². The number of hydrogen-bond acceptors (Lipinski definition) is 5. The smallest absolute Gasteiger partial charge is 0.304 e. The monoisotopic (exact) mass is 381 g/mol. The van der Waals surface area contributed by atoms with Crippen LogP contribution in [0.3, 0.4) is 0 Å². The molecule has 0 aliphatic heterocycles. The number of hydrogen-bond donors (Lipinski definition) is 2. The van der Waals surface area contributed by atoms with Crippen molar-refractivity contribution in [2.24, 2.45) is 0 Å². The SMILES string of the molecule is N#Cc1ccc2[nH]c(-c3nc4cc5ccccc5cc4[nH]c3=O)c([N+](=O)[O-])c2c1. The molecule has 0 bridgehead atoms. The molecule has 2 aromatic heterocycles. The second kappa shape index (κ2) is 6.00. The lowest BCUT2D eigenvalue weighted by Gasteiger charge is -2.04. The molecule has 8 heteroatoms. The summed E-state index contributed by atoms with van der Waals surface area (Å²) in [6.45, 7) is 0. The van der Waals surface area contributed by atoms with E-state index in [2.05, 4.69) is 15.0 Å². The number of nitriles is 1. The van der Waals surface area contributed by atoms with E-state index in [9.17, 15) is 14.9 Å². The Bertz CT molecular complexity index is 1570. The highest BCUT2D eigenvalue weighted by molar-refractivity contribution is 5.99. The van der Waals surface area contributed by atoms with Gasteiger partial charge >= 0.3 is 5.69 Å². The van der Waals surface area contributed by atoms with Crippen LogP contribution in [0.2, 0.25) is 0 Å². The standard InChI is InChI=1S/C21H11N5O3/c22-10-11-5-6-15-14(7-11)20(26(28)29)18(23-15)19-21(27)25-17-9-13-4-2-1-3-12(13)8-16(17)24-19/h1-9,23H,(H,25,27). The van der Waals surface area contributed by atoms with Crippen molar-refractivity contribution in [2.75, 3.05) is 0 Å². The fourth-order valence-electron chi connectivity index (χ4n) is 3.55. The van der Waals surface area contributed by atoms with E-state index >= 15 is 0 Å². The Morgan fingerprint density at radius 1 is 1.00 bits per heavy atom. The van der Waals surface area contributed by atoms with Gasteiger partial charge in [0, 0.05) is 0 Å². The van der Waals surface area contributed by atoms with Crippen LogP contribution in [0.1, 0.15) is 5.56 Å². The Hall–Kier alpha value is -4.51. The predicted octanol–water partition coefficient (Wildman–Crippen LogP) is 4.00. The van der Waals surface area contributed by atoms with E-state index in [1.165, 1.54) is 6.07 Å². The maximum atomic E-state index is 12.7. The van der Waals surface area contributed by atoms with Gasteiger partial charge in [0.25, 0.3) is 5.56 Å². The third-order valence-corrected chi connectivity index (χ3v) is 4.88. The lowest BCUT2D eigenvalue weighted by molar-refractivity contribution is -0.382. The van der Waals surface area contributed by atoms with Gasteiger partial charge in [-0.25, -0.2) is 4.98 Å². The summed E-state index contributed by atoms with van der Waals surface area (Å²) in [6.07, 6.45) is 0. The summed E-state index contributed by atoms with van der Waals surface area (Å²) < 4.78 is 0. The molecule has 0 atom stereocenters. The van der Waals surface area contributed by atoms with Crippen molar-refractivity contribution in [3.63, 3.8) is 0 Å². The third-order valence-electron chi connectivity index (χ3n) is 4.88. The molecule has 0 saturated carbocycles. The second-order valence-electron chi connectivity index (χ2n) is 6.61. The molecule has 0 aliphatic rings. The third kappa shape index (κ3) is 2.53. The normalized spacial score (nSPS) is 11.1. The molecule has 0 radical (unpaired) electrons. The van der Waals surface area contributed by atoms with Crippen molar-refractivity contribution < 1.29 is 4.92 Å². The van der Waals surface area contributed by atoms with Crippen molar-refractivity contribution in [3.8, 4) is 17.5 Å². The number of nitrogens with zero attached hydrogens (tertiary/aromatic N) is 3. The Kier molecular flexibility index (Phi) is 3.45. The van der Waals surface area contributed by atoms with Crippen LogP contribution in [0.4, 0.5) is 5.69 Å². The minimum Gasteiger partial charge on any atom is -0.347 e. The van der Waals surface area contributed by atoms with Crippen LogP contribution in [-0.4, -0.2) is 19.9 Å². The van der Waals surface area contributed by atoms with E-state index in [1.807, 2.05) is 42.5 Å². The van der Waals surface area contributed by atoms with Crippen LogP contribution in [0, 0.1) is 21.4 Å². The topological polar surface area (TPSA) is 128 Å². The number of H-pyrrole nitrogens is 2. The lowest BCUT2D eigenvalue weighted by atomic mass is 10.1. The fraction of sp³-hybridized carbons (Fsp3) is 0. The first kappa shape index (κ1) is 16.6. The van der Waals surface area contributed by atoms with Crippen molar-refractivity contribution in [1.82, 2.24) is 15.0 Å². The van der Waals surface area contributed by atoms with Crippen LogP contribution in [0.5, 0.6) is 0 Å². The number of benzene rings is 3. The maximum absolute atomic E-state index is 12.7. The number of nitro groups is 1. The van der Waals surface area contributed by atoms with Crippen LogP contribution in [-0.2, 0) is 0 Å². The minimum absolute atomic E-state index is 0.0106. The molecule has 0 fully saturated rings. The molecule has 3 aromatic carbocycles. The Morgan fingerprint density at radius 2 is 1.76 bits per heavy atom. The fourth-order valence-corrected chi connectivity index (χ4v) is 3.55. The quantitative estimate of drug-likeness (QED) is 0.271. The molecule has 8 nitrogen and oxygen atoms in total. The van der Waals surface area contributed by atoms with Gasteiger partial charge in [-0.1, -0.05) is 24.3 Å². The van der Waals surface area contributed by atoms with Crippen molar-refractivity contribution in [3.05, 3.63) is 80.6 Å². The first-order valence-corrected chi connectivity index (χ1v) is 8.68. The Labute approximate surface area is 162 Å². The molecule has 5 aromatic rings. The highest BCUT2D eigenvalue weighted by atomic mass is 16.6. The average Bonchev–Trinajstić information content (AvgIpc) is 3.10. The first-order chi connectivity index (χ1) is 14.0. The number of aromatic amines is 2. The number of aromatic nitrogens is 3. The average molecular weight is 381 g/mol. The van der Waals surface area contributed by atoms with E-state index < -0.39 is 10.5 Å². The van der Waals surface area contributed by atoms with E-state index in [0.717, 1.165) is 10.8 Å². The highest BCUT2D eigenvalue weighted by Crippen LogP contribution is 2.35. The van der Waals surface area contributed by atoms with Gasteiger partial charge in [0.05, 0.1) is 38.5 Å². The van der Waals surface area contributed by atoms with Gasteiger partial charge in [0.2, 0.25) is 0 Å². The molecule has 0 unspecified atom stereocenters. The molecular formula is C21H11N5O3. The lowest BCUT2D eigenvalue weighted by Crippen LogP contribution is -2.12. The summed E-state index contributed by atoms with van der Waals surface area (Å²) in [5, 5.41) is 23.0. The van der Waals surface area contributed by atoms with E-state index in [-0.39, 0.29) is 28.0 Å². The minimum atomic E-state index is -0.568. The number of fused-ring (bicyclic) bond motifs is 3. The number of nitrogens with one attached hydrogen (secondary N) is 2. The summed E-state index contributed by atoms with van der Waals surface area (Å²) >= 11 is 0. The summed E-state index contributed by atoms with van der Waals surface area (Å²) in [5.41, 5.74) is 0.916. The largest absolute Gasteiger partial charge is 0.347 e. The molecule has 2 heterocycles. The van der Waals surface area contributed by atoms with E-state index in [4.69, 9.17) is 5.26 Å². The van der Waals surface area contributed by atoms with Crippen LogP contribution in [0.15, 0.2) is 59.4 Å². The molecule has 0 spiro atoms. The zero-order valence-corrected chi connectivity index (χ0v) is 14.8. The van der Waals surface area contributed by atoms with Crippen LogP contribution in [0.25, 0.3) is 44.1 Å². The van der Waals surface area contributed by atoms with Crippen molar-refractivity contribution >= 4 is 38.4 Å². The highest BCUT2D eigenvalue weighted by Gasteiger charge is 2.26. The Morgan fingerprint density at radius 3 is 2.48 bits per heavy atom. The van der Waals surface area contributed by atoms with Crippen molar-refractivity contribution in [2.45, 2.75) is 0 Å². The summed E-state index contributed by atoms with van der Waals surface area (Å²) in [6, 6.07) is 17.8. The van der Waals surface area contributed by atoms with Gasteiger partial charge in [-0.15, -0.1) is 0 Å². The summed E-state index contributed by atoms with van der Waals surface area (Å²) in [4.78, 5) is 34.1. The van der Waals surface area contributed by atoms with Gasteiger partial charge in [-0.2, -0.15) is 5.26 Å². The molecule has 0 amide bonds. The predicted molar refractivity (Wildman–Crippen MR) is 109 cm³/mol. The van der Waals surface area contributed by atoms with Gasteiger partial charge in [0.1, 0.15) is 5.69 Å². The van der Waals surface area contributed by atoms with E-state index in [0.29, 0.717) is 16.6 Å². The second-order valence-corrected chi connectivity index (χ2v) is 6.61. The Balaban J connectivity index is 1.84. The van der Waals surface area contributed by atoms with Gasteiger partial charge < -0.3 is 9.97 Å².